The molecule has 2 aromatic heterocycles. The summed E-state index contributed by atoms with van der Waals surface area (Å²) in [6.45, 7) is 6.47. The number of fused-ring (bicyclic) bond motifs is 1. The van der Waals surface area contributed by atoms with E-state index in [4.69, 9.17) is 16.6 Å². The Morgan fingerprint density at radius 3 is 2.84 bits per heavy atom. The number of hydrogen-bond donors (Lipinski definition) is 1. The minimum absolute atomic E-state index is 0.121. The summed E-state index contributed by atoms with van der Waals surface area (Å²) in [4.78, 5) is 21.9. The van der Waals surface area contributed by atoms with E-state index in [0.29, 0.717) is 18.4 Å². The van der Waals surface area contributed by atoms with E-state index in [-0.39, 0.29) is 11.3 Å². The number of guanidine groups is 1. The van der Waals surface area contributed by atoms with Gasteiger partial charge in [-0.3, -0.25) is 10.3 Å². The van der Waals surface area contributed by atoms with Gasteiger partial charge >= 0.3 is 0 Å². The molecule has 4 rings (SSSR count). The number of nitrogens with zero attached hydrogens (tertiary/aromatic N) is 7. The van der Waals surface area contributed by atoms with Crippen molar-refractivity contribution in [3.8, 4) is 6.19 Å². The van der Waals surface area contributed by atoms with Crippen LogP contribution < -0.4 is 10.2 Å². The minimum atomic E-state index is 0.121. The maximum atomic E-state index is 9.42. The van der Waals surface area contributed by atoms with Gasteiger partial charge in [0.05, 0.1) is 17.2 Å². The number of aromatic nitrogens is 3. The molecule has 0 amide bonds. The fourth-order valence-corrected chi connectivity index (χ4v) is 4.01. The van der Waals surface area contributed by atoms with Crippen LogP contribution in [0.15, 0.2) is 53.8 Å². The zero-order chi connectivity index (χ0) is 21.8. The molecule has 0 saturated carbocycles. The van der Waals surface area contributed by atoms with Crippen LogP contribution in [0.4, 0.5) is 11.5 Å². The highest BCUT2D eigenvalue weighted by Crippen LogP contribution is 2.27. The third kappa shape index (κ3) is 4.52. The molecule has 31 heavy (non-hydrogen) atoms. The number of pyridine rings is 1. The number of nitrogens with one attached hydrogen (secondary N) is 1. The zero-order valence-corrected chi connectivity index (χ0v) is 18.2. The van der Waals surface area contributed by atoms with Crippen LogP contribution in [0.25, 0.3) is 10.9 Å². The predicted octanol–water partition coefficient (Wildman–Crippen LogP) is 3.58. The molecule has 1 atom stereocenters. The summed E-state index contributed by atoms with van der Waals surface area (Å²) >= 11 is 5.99. The molecule has 3 heterocycles. The molecule has 1 aliphatic heterocycles. The Labute approximate surface area is 186 Å². The summed E-state index contributed by atoms with van der Waals surface area (Å²) in [5, 5.41) is 13.4. The quantitative estimate of drug-likeness (QED) is 0.221. The van der Waals surface area contributed by atoms with Gasteiger partial charge in [0.1, 0.15) is 5.82 Å². The van der Waals surface area contributed by atoms with Gasteiger partial charge in [-0.05, 0) is 47.9 Å². The van der Waals surface area contributed by atoms with Crippen molar-refractivity contribution in [2.24, 2.45) is 10.9 Å². The first-order valence-corrected chi connectivity index (χ1v) is 10.5. The average molecular weight is 435 g/mol. The molecular weight excluding hydrogens is 412 g/mol. The monoisotopic (exact) mass is 434 g/mol. The van der Waals surface area contributed by atoms with Gasteiger partial charge in [-0.25, -0.2) is 15.0 Å². The third-order valence-corrected chi connectivity index (χ3v) is 5.59. The van der Waals surface area contributed by atoms with Gasteiger partial charge in [-0.2, -0.15) is 5.26 Å². The lowest BCUT2D eigenvalue weighted by atomic mass is 9.99. The number of piperazine rings is 1. The molecule has 0 aliphatic carbocycles. The Balaban J connectivity index is 1.67. The molecule has 1 aromatic carbocycles. The van der Waals surface area contributed by atoms with Gasteiger partial charge in [0.25, 0.3) is 0 Å². The molecule has 1 unspecified atom stereocenters. The first kappa shape index (κ1) is 20.8. The summed E-state index contributed by atoms with van der Waals surface area (Å²) in [5.41, 5.74) is 1.64. The zero-order valence-electron chi connectivity index (χ0n) is 17.4. The van der Waals surface area contributed by atoms with Crippen LogP contribution >= 0.6 is 11.6 Å². The largest absolute Gasteiger partial charge is 0.353 e. The molecule has 1 N–H and O–H groups in total. The van der Waals surface area contributed by atoms with Crippen LogP contribution in [-0.4, -0.2) is 51.5 Å². The first-order valence-electron chi connectivity index (χ1n) is 10.1. The Bertz CT molecular complexity index is 1130. The highest BCUT2D eigenvalue weighted by atomic mass is 35.5. The van der Waals surface area contributed by atoms with Crippen molar-refractivity contribution in [1.82, 2.24) is 25.2 Å². The van der Waals surface area contributed by atoms with E-state index >= 15 is 0 Å². The van der Waals surface area contributed by atoms with Crippen LogP contribution in [0, 0.1) is 17.4 Å². The molecule has 1 saturated heterocycles. The Hall–Kier alpha value is -3.44. The average Bonchev–Trinajstić information content (AvgIpc) is 2.78. The van der Waals surface area contributed by atoms with Crippen molar-refractivity contribution in [3.05, 3.63) is 54.1 Å². The topological polar surface area (TPSA) is 93.3 Å². The normalized spacial score (nSPS) is 17.1. The van der Waals surface area contributed by atoms with Crippen LogP contribution in [0.5, 0.6) is 0 Å². The van der Waals surface area contributed by atoms with Crippen LogP contribution in [0.1, 0.15) is 13.8 Å². The first-order chi connectivity index (χ1) is 15.1. The van der Waals surface area contributed by atoms with E-state index < -0.39 is 0 Å². The van der Waals surface area contributed by atoms with E-state index in [9.17, 15) is 5.26 Å². The van der Waals surface area contributed by atoms with E-state index in [0.717, 1.165) is 35.5 Å². The highest BCUT2D eigenvalue weighted by molar-refractivity contribution is 6.28. The molecule has 8 nitrogen and oxygen atoms in total. The van der Waals surface area contributed by atoms with Crippen molar-refractivity contribution in [2.75, 3.05) is 24.5 Å². The summed E-state index contributed by atoms with van der Waals surface area (Å²) < 4.78 is 0. The van der Waals surface area contributed by atoms with E-state index in [1.807, 2.05) is 36.4 Å². The Morgan fingerprint density at radius 1 is 1.19 bits per heavy atom. The molecular formula is C22H23ClN8. The van der Waals surface area contributed by atoms with Gasteiger partial charge in [-0.1, -0.05) is 19.9 Å². The van der Waals surface area contributed by atoms with E-state index in [1.165, 1.54) is 0 Å². The Kier molecular flexibility index (Phi) is 6.14. The number of benzene rings is 1. The molecule has 1 fully saturated rings. The van der Waals surface area contributed by atoms with Crippen molar-refractivity contribution in [2.45, 2.75) is 19.9 Å². The summed E-state index contributed by atoms with van der Waals surface area (Å²) in [6.07, 6.45) is 5.48. The standard InChI is InChI=1S/C22H23ClN8/c1-15(2)19-13-30(20-8-10-26-21(23)29-20)11-12-31(19)22(27-14-24)28-18-7-3-6-17-16(18)5-4-9-25-17/h3-10,15,19H,11-13H2,1-2H3,(H,27,28). The lowest BCUT2D eigenvalue weighted by Gasteiger charge is -2.44. The third-order valence-electron chi connectivity index (χ3n) is 5.41. The van der Waals surface area contributed by atoms with Crippen molar-refractivity contribution >= 4 is 40.0 Å². The minimum Gasteiger partial charge on any atom is -0.353 e. The summed E-state index contributed by atoms with van der Waals surface area (Å²) in [5.74, 6) is 1.66. The molecule has 9 heteroatoms. The maximum absolute atomic E-state index is 9.42. The fourth-order valence-electron chi connectivity index (χ4n) is 3.87. The smallest absolute Gasteiger partial charge is 0.224 e. The summed E-state index contributed by atoms with van der Waals surface area (Å²) in [7, 11) is 0. The number of rotatable bonds is 3. The van der Waals surface area contributed by atoms with Gasteiger partial charge in [-0.15, -0.1) is 0 Å². The fraction of sp³-hybridized carbons (Fsp3) is 0.318. The molecule has 3 aromatic rings. The van der Waals surface area contributed by atoms with Crippen molar-refractivity contribution < 1.29 is 0 Å². The van der Waals surface area contributed by atoms with Crippen LogP contribution in [0.2, 0.25) is 5.28 Å². The second kappa shape index (κ2) is 9.14. The van der Waals surface area contributed by atoms with Gasteiger partial charge < -0.3 is 9.80 Å². The second-order valence-corrected chi connectivity index (χ2v) is 7.99. The van der Waals surface area contributed by atoms with Crippen molar-refractivity contribution in [1.29, 1.82) is 5.26 Å². The SMILES string of the molecule is CC(C)C1CN(c2ccnc(Cl)n2)CCN1C(=Nc1cccc2ncccc12)NC#N. The van der Waals surface area contributed by atoms with Gasteiger partial charge in [0, 0.05) is 37.4 Å². The van der Waals surface area contributed by atoms with Gasteiger partial charge in [0.2, 0.25) is 11.2 Å². The molecule has 0 spiro atoms. The number of anilines is 1. The molecule has 158 valence electrons. The van der Waals surface area contributed by atoms with E-state index in [1.54, 1.807) is 12.4 Å². The lowest BCUT2D eigenvalue weighted by Crippen LogP contribution is -2.59. The van der Waals surface area contributed by atoms with Crippen molar-refractivity contribution in [3.63, 3.8) is 0 Å². The second-order valence-electron chi connectivity index (χ2n) is 7.65. The number of halogens is 1. The molecule has 1 aliphatic rings. The summed E-state index contributed by atoms with van der Waals surface area (Å²) in [6, 6.07) is 11.7. The lowest BCUT2D eigenvalue weighted by molar-refractivity contribution is 0.220. The predicted molar refractivity (Wildman–Crippen MR) is 122 cm³/mol. The maximum Gasteiger partial charge on any atom is 0.224 e. The van der Waals surface area contributed by atoms with E-state index in [2.05, 4.69) is 50.1 Å². The van der Waals surface area contributed by atoms with Gasteiger partial charge in [0.15, 0.2) is 6.19 Å². The highest BCUT2D eigenvalue weighted by Gasteiger charge is 2.32. The number of hydrogen-bond acceptors (Lipinski definition) is 6. The van der Waals surface area contributed by atoms with Crippen LogP contribution in [-0.2, 0) is 0 Å². The molecule has 0 radical (unpaired) electrons. The van der Waals surface area contributed by atoms with Crippen LogP contribution in [0.3, 0.4) is 0 Å². The Morgan fingerprint density at radius 2 is 2.06 bits per heavy atom. The molecule has 0 bridgehead atoms. The number of aliphatic imine (C=N–C) groups is 1. The number of nitriles is 1.